The van der Waals surface area contributed by atoms with E-state index in [9.17, 15) is 9.59 Å². The normalized spacial score (nSPS) is 28.3. The molecule has 3 rings (SSSR count). The summed E-state index contributed by atoms with van der Waals surface area (Å²) in [6.07, 6.45) is 22.1. The fourth-order valence-corrected chi connectivity index (χ4v) is 3.12. The number of nitrogens with one attached hydrogen (secondary N) is 2. The van der Waals surface area contributed by atoms with E-state index in [0.29, 0.717) is 11.1 Å². The van der Waals surface area contributed by atoms with E-state index in [2.05, 4.69) is 10.6 Å². The maximum Gasteiger partial charge on any atom is 0.187 e. The third kappa shape index (κ3) is 5.18. The van der Waals surface area contributed by atoms with Crippen molar-refractivity contribution in [1.29, 1.82) is 0 Å². The predicted molar refractivity (Wildman–Crippen MR) is 95.1 cm³/mol. The number of ketones is 2. The van der Waals surface area contributed by atoms with Gasteiger partial charge in [-0.2, -0.15) is 0 Å². The van der Waals surface area contributed by atoms with E-state index in [1.165, 1.54) is 12.8 Å². The van der Waals surface area contributed by atoms with Crippen LogP contribution in [0.2, 0.25) is 0 Å². The quantitative estimate of drug-likeness (QED) is 0.736. The van der Waals surface area contributed by atoms with Gasteiger partial charge in [-0.1, -0.05) is 37.1 Å². The van der Waals surface area contributed by atoms with Crippen LogP contribution < -0.4 is 10.6 Å². The Balaban J connectivity index is 0.00000225. The van der Waals surface area contributed by atoms with Crippen molar-refractivity contribution in [3.63, 3.8) is 0 Å². The summed E-state index contributed by atoms with van der Waals surface area (Å²) in [5, 5.41) is 6.79. The maximum absolute atomic E-state index is 11.8. The second-order valence-electron chi connectivity index (χ2n) is 6.20. The summed E-state index contributed by atoms with van der Waals surface area (Å²) in [6.45, 7) is 0. The Bertz CT molecular complexity index is 638. The predicted octanol–water partition coefficient (Wildman–Crippen LogP) is 2.63. The first-order valence-corrected chi connectivity index (χ1v) is 8.44. The van der Waals surface area contributed by atoms with Gasteiger partial charge >= 0.3 is 0 Å². The number of hydrogen-bond acceptors (Lipinski definition) is 4. The molecule has 1 radical (unpaired) electrons. The Morgan fingerprint density at radius 2 is 1.12 bits per heavy atom. The Kier molecular flexibility index (Phi) is 7.22. The van der Waals surface area contributed by atoms with Crippen molar-refractivity contribution in [3.05, 3.63) is 72.2 Å². The summed E-state index contributed by atoms with van der Waals surface area (Å²) >= 11 is 0. The maximum atomic E-state index is 11.8. The van der Waals surface area contributed by atoms with Gasteiger partial charge in [0.2, 0.25) is 0 Å². The summed E-state index contributed by atoms with van der Waals surface area (Å²) in [6, 6.07) is 0.488. The van der Waals surface area contributed by atoms with E-state index in [4.69, 9.17) is 0 Å². The minimum atomic E-state index is 0. The van der Waals surface area contributed by atoms with Crippen molar-refractivity contribution in [2.45, 2.75) is 37.8 Å². The van der Waals surface area contributed by atoms with Crippen LogP contribution in [0, 0.1) is 0 Å². The molecule has 3 aliphatic rings. The van der Waals surface area contributed by atoms with Crippen LogP contribution in [-0.4, -0.2) is 23.7 Å². The van der Waals surface area contributed by atoms with Crippen molar-refractivity contribution in [1.82, 2.24) is 10.6 Å². The molecule has 0 aromatic heterocycles. The summed E-state index contributed by atoms with van der Waals surface area (Å²) in [7, 11) is 0. The molecule has 0 bridgehead atoms. The smallest absolute Gasteiger partial charge is 0.187 e. The molecule has 3 aliphatic carbocycles. The molecule has 133 valence electrons. The van der Waals surface area contributed by atoms with Crippen LogP contribution in [0.4, 0.5) is 0 Å². The third-order valence-corrected chi connectivity index (χ3v) is 4.51. The molecule has 2 unspecified atom stereocenters. The molecule has 0 heterocycles. The fourth-order valence-electron chi connectivity index (χ4n) is 3.12. The van der Waals surface area contributed by atoms with Crippen LogP contribution in [0.1, 0.15) is 25.7 Å². The molecule has 4 nitrogen and oxygen atoms in total. The molecule has 2 atom stereocenters. The van der Waals surface area contributed by atoms with Gasteiger partial charge in [-0.15, -0.1) is 0 Å². The topological polar surface area (TPSA) is 58.2 Å². The van der Waals surface area contributed by atoms with Crippen molar-refractivity contribution in [2.24, 2.45) is 0 Å². The molecule has 1 saturated carbocycles. The Hall–Kier alpha value is -2.11. The molecule has 5 heteroatoms. The molecular formula is C20H22CoN2O2. The minimum Gasteiger partial charge on any atom is -0.386 e. The number of carbonyl (C=O) groups is 2. The Morgan fingerprint density at radius 3 is 1.52 bits per heavy atom. The van der Waals surface area contributed by atoms with Gasteiger partial charge in [0.1, 0.15) is 0 Å². The van der Waals surface area contributed by atoms with Crippen molar-refractivity contribution >= 4 is 11.6 Å². The zero-order chi connectivity index (χ0) is 16.8. The third-order valence-electron chi connectivity index (χ3n) is 4.51. The van der Waals surface area contributed by atoms with Gasteiger partial charge in [0.05, 0.1) is 0 Å². The van der Waals surface area contributed by atoms with Gasteiger partial charge in [-0.3, -0.25) is 9.59 Å². The number of allylic oxidation sites excluding steroid dienone is 10. The number of carbonyl (C=O) groups excluding carboxylic acids is 2. The van der Waals surface area contributed by atoms with Crippen molar-refractivity contribution in [2.75, 3.05) is 0 Å². The number of hydrogen-bond donors (Lipinski definition) is 2. The molecule has 0 spiro atoms. The van der Waals surface area contributed by atoms with Crippen LogP contribution in [0.5, 0.6) is 0 Å². The monoisotopic (exact) mass is 381 g/mol. The summed E-state index contributed by atoms with van der Waals surface area (Å²) in [4.78, 5) is 23.6. The minimum absolute atomic E-state index is 0. The van der Waals surface area contributed by atoms with E-state index in [1.807, 2.05) is 36.7 Å². The summed E-state index contributed by atoms with van der Waals surface area (Å²) in [5.41, 5.74) is 1.35. The molecule has 25 heavy (non-hydrogen) atoms. The first-order chi connectivity index (χ1) is 11.7. The SMILES string of the molecule is O=C1C=CC=CC1=CNC1CCCCC1NC=C1C=CC=CC1=O.[Co]. The molecule has 1 fully saturated rings. The fraction of sp³-hybridized carbons (Fsp3) is 0.300. The molecule has 0 aliphatic heterocycles. The number of rotatable bonds is 4. The van der Waals surface area contributed by atoms with E-state index in [-0.39, 0.29) is 40.4 Å². The molecule has 2 N–H and O–H groups in total. The van der Waals surface area contributed by atoms with Gasteiger partial charge in [0.15, 0.2) is 11.6 Å². The molecule has 0 amide bonds. The van der Waals surface area contributed by atoms with Crippen LogP contribution in [0.25, 0.3) is 0 Å². The molecular weight excluding hydrogens is 359 g/mol. The zero-order valence-electron chi connectivity index (χ0n) is 13.9. The average molecular weight is 381 g/mol. The molecule has 0 aromatic rings. The summed E-state index contributed by atoms with van der Waals surface area (Å²) < 4.78 is 0. The molecule has 0 aromatic carbocycles. The Labute approximate surface area is 158 Å². The van der Waals surface area contributed by atoms with Crippen LogP contribution in [-0.2, 0) is 26.4 Å². The Morgan fingerprint density at radius 1 is 0.720 bits per heavy atom. The van der Waals surface area contributed by atoms with Gasteiger partial charge in [-0.25, -0.2) is 0 Å². The molecule has 0 saturated heterocycles. The van der Waals surface area contributed by atoms with Gasteiger partial charge in [0.25, 0.3) is 0 Å². The standard InChI is InChI=1S/C20H22N2O2.Co/c23-19-11-5-1-7-15(19)13-21-17-9-3-4-10-18(17)22-14-16-8-2-6-12-20(16)24;/h1-2,5-8,11-14,17-18,21-22H,3-4,9-10H2;. The first kappa shape index (κ1) is 19.2. The van der Waals surface area contributed by atoms with Crippen molar-refractivity contribution < 1.29 is 26.4 Å². The summed E-state index contributed by atoms with van der Waals surface area (Å²) in [5.74, 6) is 0.0503. The van der Waals surface area contributed by atoms with E-state index < -0.39 is 0 Å². The van der Waals surface area contributed by atoms with E-state index >= 15 is 0 Å². The second-order valence-corrected chi connectivity index (χ2v) is 6.20. The van der Waals surface area contributed by atoms with Crippen LogP contribution >= 0.6 is 0 Å². The van der Waals surface area contributed by atoms with E-state index in [0.717, 1.165) is 12.8 Å². The van der Waals surface area contributed by atoms with Gasteiger partial charge in [-0.05, 0) is 37.1 Å². The van der Waals surface area contributed by atoms with E-state index in [1.54, 1.807) is 24.3 Å². The largest absolute Gasteiger partial charge is 0.386 e. The zero-order valence-corrected chi connectivity index (χ0v) is 14.9. The van der Waals surface area contributed by atoms with Gasteiger partial charge < -0.3 is 10.6 Å². The van der Waals surface area contributed by atoms with Crippen LogP contribution in [0.3, 0.4) is 0 Å². The van der Waals surface area contributed by atoms with Gasteiger partial charge in [0, 0.05) is 52.4 Å². The van der Waals surface area contributed by atoms with Crippen LogP contribution in [0.15, 0.2) is 72.2 Å². The second kappa shape index (κ2) is 9.39. The van der Waals surface area contributed by atoms with Crippen molar-refractivity contribution in [3.8, 4) is 0 Å². The first-order valence-electron chi connectivity index (χ1n) is 8.44. The average Bonchev–Trinajstić information content (AvgIpc) is 2.61.